The van der Waals surface area contributed by atoms with Gasteiger partial charge in [-0.1, -0.05) is 45.8 Å². The van der Waals surface area contributed by atoms with Gasteiger partial charge in [-0.15, -0.1) is 0 Å². The van der Waals surface area contributed by atoms with Crippen molar-refractivity contribution >= 4 is 35.0 Å². The highest BCUT2D eigenvalue weighted by Crippen LogP contribution is 2.43. The highest BCUT2D eigenvalue weighted by atomic mass is 32.1. The minimum atomic E-state index is -0.434. The molecule has 0 aromatic heterocycles. The van der Waals surface area contributed by atoms with Gasteiger partial charge in [0.05, 0.1) is 18.5 Å². The van der Waals surface area contributed by atoms with Gasteiger partial charge in [-0.25, -0.2) is 4.79 Å². The van der Waals surface area contributed by atoms with Gasteiger partial charge in [0, 0.05) is 19.0 Å². The van der Waals surface area contributed by atoms with Gasteiger partial charge >= 0.3 is 6.09 Å². The molecule has 2 atom stereocenters. The summed E-state index contributed by atoms with van der Waals surface area (Å²) in [4.78, 5) is 28.6. The number of carbonyl (C=O) groups excluding carboxylic acids is 2. The third-order valence-electron chi connectivity index (χ3n) is 8.79. The van der Waals surface area contributed by atoms with E-state index in [-0.39, 0.29) is 35.2 Å². The van der Waals surface area contributed by atoms with Crippen LogP contribution in [-0.2, 0) is 9.53 Å². The molecule has 0 radical (unpaired) electrons. The van der Waals surface area contributed by atoms with Crippen molar-refractivity contribution in [3.63, 3.8) is 0 Å². The van der Waals surface area contributed by atoms with Crippen molar-refractivity contribution in [2.75, 3.05) is 19.7 Å². The van der Waals surface area contributed by atoms with Gasteiger partial charge in [-0.05, 0) is 75.0 Å². The number of hydrogen-bond acceptors (Lipinski definition) is 5. The molecule has 3 rings (SSSR count). The summed E-state index contributed by atoms with van der Waals surface area (Å²) in [5.41, 5.74) is 5.43. The number of nitrogens with one attached hydrogen (secondary N) is 3. The molecule has 2 aliphatic carbocycles. The Labute approximate surface area is 222 Å². The Kier molecular flexibility index (Phi) is 10.4. The maximum Gasteiger partial charge on any atom is 0.407 e. The largest absolute Gasteiger partial charge is 0.450 e. The van der Waals surface area contributed by atoms with Crippen LogP contribution in [0, 0.1) is 28.6 Å². The van der Waals surface area contributed by atoms with Crippen LogP contribution in [0.1, 0.15) is 91.4 Å². The first kappa shape index (κ1) is 28.7. The smallest absolute Gasteiger partial charge is 0.407 e. The molecular formula is C27H47N5O3S. The van der Waals surface area contributed by atoms with E-state index in [0.717, 1.165) is 64.3 Å². The van der Waals surface area contributed by atoms with E-state index in [1.807, 2.05) is 6.92 Å². The molecule has 0 aromatic carbocycles. The number of likely N-dealkylation sites (tertiary alicyclic amines) is 1. The van der Waals surface area contributed by atoms with Crippen molar-refractivity contribution in [2.24, 2.45) is 28.9 Å². The van der Waals surface area contributed by atoms with Gasteiger partial charge in [0.2, 0.25) is 5.91 Å². The summed E-state index contributed by atoms with van der Waals surface area (Å²) in [6.07, 6.45) is 10.5. The zero-order valence-corrected chi connectivity index (χ0v) is 23.3. The van der Waals surface area contributed by atoms with Crippen molar-refractivity contribution in [1.29, 1.82) is 5.41 Å². The van der Waals surface area contributed by atoms with Crippen LogP contribution in [0.4, 0.5) is 4.79 Å². The Hall–Kier alpha value is -1.90. The quantitative estimate of drug-likeness (QED) is 0.193. The lowest BCUT2D eigenvalue weighted by molar-refractivity contribution is -0.124. The fourth-order valence-corrected chi connectivity index (χ4v) is 6.92. The van der Waals surface area contributed by atoms with E-state index in [9.17, 15) is 9.59 Å². The number of thiocarbonyl (C=S) groups is 1. The zero-order chi connectivity index (χ0) is 26.3. The first-order valence-corrected chi connectivity index (χ1v) is 14.4. The summed E-state index contributed by atoms with van der Waals surface area (Å²) in [7, 11) is 0. The zero-order valence-electron chi connectivity index (χ0n) is 22.4. The molecule has 1 aliphatic heterocycles. The molecule has 9 heteroatoms. The van der Waals surface area contributed by atoms with E-state index >= 15 is 0 Å². The fourth-order valence-electron chi connectivity index (χ4n) is 6.34. The monoisotopic (exact) mass is 521 g/mol. The van der Waals surface area contributed by atoms with E-state index < -0.39 is 6.09 Å². The minimum absolute atomic E-state index is 0.0227. The van der Waals surface area contributed by atoms with E-state index in [1.54, 1.807) is 0 Å². The molecular weight excluding hydrogens is 474 g/mol. The van der Waals surface area contributed by atoms with E-state index in [4.69, 9.17) is 28.1 Å². The van der Waals surface area contributed by atoms with E-state index in [0.29, 0.717) is 30.0 Å². The molecule has 2 saturated carbocycles. The number of hydrogen-bond donors (Lipinski definition) is 4. The van der Waals surface area contributed by atoms with Crippen molar-refractivity contribution < 1.29 is 14.3 Å². The number of carbonyl (C=O) groups is 2. The molecule has 1 heterocycles. The van der Waals surface area contributed by atoms with Crippen LogP contribution in [0.15, 0.2) is 0 Å². The Morgan fingerprint density at radius 1 is 1.11 bits per heavy atom. The molecule has 0 bridgehead atoms. The topological polar surface area (TPSA) is 121 Å². The third-order valence-corrected chi connectivity index (χ3v) is 9.26. The molecule has 2 amide bonds. The van der Waals surface area contributed by atoms with Crippen LogP contribution in [0.25, 0.3) is 0 Å². The predicted octanol–water partition coefficient (Wildman–Crippen LogP) is 4.36. The Morgan fingerprint density at radius 3 is 2.39 bits per heavy atom. The fraction of sp³-hybridized carbons (Fsp3) is 0.852. The second-order valence-corrected chi connectivity index (χ2v) is 12.0. The summed E-state index contributed by atoms with van der Waals surface area (Å²) in [5.74, 6) is 1.39. The van der Waals surface area contributed by atoms with Crippen molar-refractivity contribution in [3.8, 4) is 0 Å². The Morgan fingerprint density at radius 2 is 1.78 bits per heavy atom. The average molecular weight is 522 g/mol. The standard InChI is InChI=1S/C27H47N5O3S/c1-4-16-35-26(34)31-22(27(2,3)20-8-5-6-9-20)25(36)32-15-7-10-21(32)24(33)30-17-18-11-13-19(14-12-18)23(28)29/h18-22H,4-17H2,1-3H3,(H3,28,29)(H,30,33)(H,31,34)/t18?,19?,21-,22+/m0/s1. The van der Waals surface area contributed by atoms with E-state index in [2.05, 4.69) is 29.4 Å². The van der Waals surface area contributed by atoms with E-state index in [1.165, 1.54) is 12.8 Å². The first-order valence-electron chi connectivity index (χ1n) is 14.0. The van der Waals surface area contributed by atoms with Gasteiger partial charge in [0.15, 0.2) is 0 Å². The number of amidine groups is 1. The second-order valence-electron chi connectivity index (χ2n) is 11.6. The van der Waals surface area contributed by atoms with Crippen LogP contribution < -0.4 is 16.4 Å². The molecule has 0 unspecified atom stereocenters. The molecule has 3 aliphatic rings. The lowest BCUT2D eigenvalue weighted by atomic mass is 9.71. The number of alkyl carbamates (subject to hydrolysis) is 1. The first-order chi connectivity index (χ1) is 17.1. The highest BCUT2D eigenvalue weighted by molar-refractivity contribution is 7.80. The summed E-state index contributed by atoms with van der Waals surface area (Å²) < 4.78 is 5.37. The van der Waals surface area contributed by atoms with Crippen molar-refractivity contribution in [2.45, 2.75) is 103 Å². The van der Waals surface area contributed by atoms with Gasteiger partial charge in [-0.2, -0.15) is 0 Å². The van der Waals surface area contributed by atoms with Crippen LogP contribution >= 0.6 is 12.2 Å². The van der Waals surface area contributed by atoms with Crippen LogP contribution in [0.2, 0.25) is 0 Å². The van der Waals surface area contributed by atoms with Gasteiger partial charge in [0.1, 0.15) is 11.0 Å². The maximum atomic E-state index is 13.3. The highest BCUT2D eigenvalue weighted by Gasteiger charge is 2.45. The van der Waals surface area contributed by atoms with Crippen molar-refractivity contribution in [1.82, 2.24) is 15.5 Å². The SMILES string of the molecule is CCCOC(=O)N[C@H](C(=S)N1CCC[C@H]1C(=O)NCC1CCC(C(=N)N)CC1)C(C)(C)C1CCCC1. The lowest BCUT2D eigenvalue weighted by Crippen LogP contribution is -2.59. The van der Waals surface area contributed by atoms with Gasteiger partial charge < -0.3 is 26.0 Å². The Balaban J connectivity index is 1.65. The summed E-state index contributed by atoms with van der Waals surface area (Å²) in [5, 5.41) is 14.0. The van der Waals surface area contributed by atoms with Gasteiger partial charge in [-0.3, -0.25) is 10.2 Å². The number of nitrogens with two attached hydrogens (primary N) is 1. The summed E-state index contributed by atoms with van der Waals surface area (Å²) in [6, 6.07) is -0.670. The average Bonchev–Trinajstić information content (AvgIpc) is 3.57. The molecule has 5 N–H and O–H groups in total. The minimum Gasteiger partial charge on any atom is -0.450 e. The molecule has 1 saturated heterocycles. The molecule has 36 heavy (non-hydrogen) atoms. The maximum absolute atomic E-state index is 13.3. The number of amides is 2. The second kappa shape index (κ2) is 13.1. The molecule has 0 aromatic rings. The third kappa shape index (κ3) is 7.11. The molecule has 3 fully saturated rings. The predicted molar refractivity (Wildman–Crippen MR) is 147 cm³/mol. The molecule has 204 valence electrons. The van der Waals surface area contributed by atoms with Gasteiger partial charge in [0.25, 0.3) is 0 Å². The number of nitrogens with zero attached hydrogens (tertiary/aromatic N) is 1. The number of rotatable bonds is 10. The number of ether oxygens (including phenoxy) is 1. The summed E-state index contributed by atoms with van der Waals surface area (Å²) >= 11 is 6.04. The normalized spacial score (nSPS) is 25.9. The van der Waals surface area contributed by atoms with Crippen LogP contribution in [0.5, 0.6) is 0 Å². The van der Waals surface area contributed by atoms with Crippen LogP contribution in [-0.4, -0.2) is 59.5 Å². The molecule has 8 nitrogen and oxygen atoms in total. The van der Waals surface area contributed by atoms with Crippen molar-refractivity contribution in [3.05, 3.63) is 0 Å². The van der Waals surface area contributed by atoms with Crippen LogP contribution in [0.3, 0.4) is 0 Å². The Bertz CT molecular complexity index is 790. The molecule has 0 spiro atoms. The summed E-state index contributed by atoms with van der Waals surface area (Å²) in [6.45, 7) is 8.12. The lowest BCUT2D eigenvalue weighted by Gasteiger charge is -2.43.